The van der Waals surface area contributed by atoms with Crippen molar-refractivity contribution in [3.63, 3.8) is 0 Å². The third-order valence-electron chi connectivity index (χ3n) is 2.33. The van der Waals surface area contributed by atoms with E-state index >= 15 is 0 Å². The summed E-state index contributed by atoms with van der Waals surface area (Å²) in [5, 5.41) is 1.84. The highest BCUT2D eigenvalue weighted by atomic mass is 32.2. The second-order valence-electron chi connectivity index (χ2n) is 3.71. The van der Waals surface area contributed by atoms with Gasteiger partial charge in [-0.3, -0.25) is 0 Å². The summed E-state index contributed by atoms with van der Waals surface area (Å²) in [4.78, 5) is 4.07. The summed E-state index contributed by atoms with van der Waals surface area (Å²) < 4.78 is 26.7. The predicted molar refractivity (Wildman–Crippen MR) is 68.8 cm³/mol. The highest BCUT2D eigenvalue weighted by Crippen LogP contribution is 2.10. The topological polar surface area (TPSA) is 79.5 Å². The van der Waals surface area contributed by atoms with Gasteiger partial charge < -0.3 is 5.73 Å². The van der Waals surface area contributed by atoms with Gasteiger partial charge in [-0.1, -0.05) is 0 Å². The first-order valence-electron chi connectivity index (χ1n) is 5.23. The van der Waals surface area contributed by atoms with Gasteiger partial charge in [-0.15, -0.1) is 11.3 Å². The molecule has 8 heteroatoms. The van der Waals surface area contributed by atoms with Crippen molar-refractivity contribution in [2.75, 3.05) is 27.2 Å². The molecule has 0 amide bonds. The summed E-state index contributed by atoms with van der Waals surface area (Å²) in [6.07, 6.45) is 0.653. The van der Waals surface area contributed by atoms with Gasteiger partial charge in [0.2, 0.25) is 0 Å². The Bertz CT molecular complexity index is 418. The van der Waals surface area contributed by atoms with Crippen molar-refractivity contribution in [2.45, 2.75) is 13.0 Å². The molecule has 0 aromatic carbocycles. The van der Waals surface area contributed by atoms with Crippen molar-refractivity contribution in [1.29, 1.82) is 0 Å². The van der Waals surface area contributed by atoms with Gasteiger partial charge in [0.15, 0.2) is 0 Å². The molecular weight excluding hydrogens is 260 g/mol. The van der Waals surface area contributed by atoms with Gasteiger partial charge in [0.1, 0.15) is 0 Å². The molecule has 0 saturated carbocycles. The van der Waals surface area contributed by atoms with Crippen LogP contribution in [0.15, 0.2) is 10.9 Å². The Morgan fingerprint density at radius 1 is 1.41 bits per heavy atom. The molecule has 0 fully saturated rings. The van der Waals surface area contributed by atoms with Crippen LogP contribution in [0.1, 0.15) is 12.1 Å². The van der Waals surface area contributed by atoms with Gasteiger partial charge in [0.05, 0.1) is 17.7 Å². The Kier molecular flexibility index (Phi) is 5.47. The fourth-order valence-corrected chi connectivity index (χ4v) is 2.97. The molecule has 98 valence electrons. The molecule has 0 aliphatic heterocycles. The van der Waals surface area contributed by atoms with Gasteiger partial charge in [-0.2, -0.15) is 17.0 Å². The van der Waals surface area contributed by atoms with E-state index in [1.165, 1.54) is 19.9 Å². The maximum Gasteiger partial charge on any atom is 0.281 e. The first kappa shape index (κ1) is 14.5. The second kappa shape index (κ2) is 6.41. The first-order chi connectivity index (χ1) is 7.98. The summed E-state index contributed by atoms with van der Waals surface area (Å²) in [5.74, 6) is 0. The number of aromatic nitrogens is 1. The number of rotatable bonds is 7. The number of nitrogens with two attached hydrogens (primary N) is 1. The van der Waals surface area contributed by atoms with Crippen LogP contribution in [0.4, 0.5) is 0 Å². The van der Waals surface area contributed by atoms with E-state index < -0.39 is 10.2 Å². The van der Waals surface area contributed by atoms with Gasteiger partial charge >= 0.3 is 0 Å². The molecular formula is C9H18N4O2S2. The summed E-state index contributed by atoms with van der Waals surface area (Å²) in [6.45, 7) is 1.20. The molecule has 0 atom stereocenters. The van der Waals surface area contributed by atoms with Gasteiger partial charge in [-0.05, 0) is 13.0 Å². The molecule has 0 saturated heterocycles. The Labute approximate surface area is 106 Å². The summed E-state index contributed by atoms with van der Waals surface area (Å²) >= 11 is 1.45. The lowest BCUT2D eigenvalue weighted by molar-refractivity contribution is 0.385. The Hall–Kier alpha value is -0.540. The van der Waals surface area contributed by atoms with Crippen LogP contribution in [-0.2, 0) is 16.8 Å². The Morgan fingerprint density at radius 3 is 2.65 bits per heavy atom. The SMILES string of the molecule is CN(CCCN)S(=O)(=O)N(C)Cc1cscn1. The summed E-state index contributed by atoms with van der Waals surface area (Å²) in [5.41, 5.74) is 7.81. The van der Waals surface area contributed by atoms with Crippen molar-refractivity contribution in [1.82, 2.24) is 13.6 Å². The van der Waals surface area contributed by atoms with Crippen molar-refractivity contribution in [2.24, 2.45) is 5.73 Å². The minimum absolute atomic E-state index is 0.290. The maximum absolute atomic E-state index is 12.0. The molecule has 17 heavy (non-hydrogen) atoms. The zero-order valence-corrected chi connectivity index (χ0v) is 11.7. The summed E-state index contributed by atoms with van der Waals surface area (Å²) in [6, 6.07) is 0. The maximum atomic E-state index is 12.0. The third-order valence-corrected chi connectivity index (χ3v) is 4.86. The van der Waals surface area contributed by atoms with E-state index in [-0.39, 0.29) is 0 Å². The minimum atomic E-state index is -3.41. The molecule has 1 rings (SSSR count). The largest absolute Gasteiger partial charge is 0.330 e. The second-order valence-corrected chi connectivity index (χ2v) is 6.57. The molecule has 0 spiro atoms. The standard InChI is InChI=1S/C9H18N4O2S2/c1-12(5-3-4-10)17(14,15)13(2)6-9-7-16-8-11-9/h7-8H,3-6,10H2,1-2H3. The zero-order valence-electron chi connectivity index (χ0n) is 10.0. The van der Waals surface area contributed by atoms with E-state index in [9.17, 15) is 8.42 Å². The van der Waals surface area contributed by atoms with Crippen molar-refractivity contribution in [3.05, 3.63) is 16.6 Å². The van der Waals surface area contributed by atoms with Gasteiger partial charge in [0.25, 0.3) is 10.2 Å². The molecule has 1 aromatic rings. The van der Waals surface area contributed by atoms with Crippen LogP contribution in [0.5, 0.6) is 0 Å². The van der Waals surface area contributed by atoms with E-state index in [0.29, 0.717) is 26.1 Å². The van der Waals surface area contributed by atoms with E-state index in [1.54, 1.807) is 19.6 Å². The third kappa shape index (κ3) is 4.00. The molecule has 1 aromatic heterocycles. The highest BCUT2D eigenvalue weighted by Gasteiger charge is 2.23. The molecule has 0 aliphatic rings. The smallest absolute Gasteiger partial charge is 0.281 e. The average molecular weight is 278 g/mol. The van der Waals surface area contributed by atoms with Gasteiger partial charge in [-0.25, -0.2) is 4.98 Å². The predicted octanol–water partition coefficient (Wildman–Crippen LogP) is 0.100. The van der Waals surface area contributed by atoms with Crippen LogP contribution in [0.25, 0.3) is 0 Å². The molecule has 0 bridgehead atoms. The molecule has 2 N–H and O–H groups in total. The fraction of sp³-hybridized carbons (Fsp3) is 0.667. The molecule has 0 aliphatic carbocycles. The van der Waals surface area contributed by atoms with Crippen molar-refractivity contribution >= 4 is 21.5 Å². The van der Waals surface area contributed by atoms with E-state index in [0.717, 1.165) is 5.69 Å². The molecule has 0 radical (unpaired) electrons. The van der Waals surface area contributed by atoms with Crippen molar-refractivity contribution in [3.8, 4) is 0 Å². The van der Waals surface area contributed by atoms with Crippen LogP contribution in [0.3, 0.4) is 0 Å². The van der Waals surface area contributed by atoms with Crippen LogP contribution in [-0.4, -0.2) is 49.2 Å². The number of nitrogens with zero attached hydrogens (tertiary/aromatic N) is 3. The van der Waals surface area contributed by atoms with Crippen LogP contribution in [0.2, 0.25) is 0 Å². The number of hydrogen-bond acceptors (Lipinski definition) is 5. The average Bonchev–Trinajstić information content (AvgIpc) is 2.78. The normalized spacial score (nSPS) is 12.5. The Balaban J connectivity index is 2.63. The van der Waals surface area contributed by atoms with E-state index in [1.807, 2.05) is 5.38 Å². The lowest BCUT2D eigenvalue weighted by Crippen LogP contribution is -2.40. The first-order valence-corrected chi connectivity index (χ1v) is 7.57. The quantitative estimate of drug-likeness (QED) is 0.767. The van der Waals surface area contributed by atoms with Crippen LogP contribution < -0.4 is 5.73 Å². The lowest BCUT2D eigenvalue weighted by atomic mass is 10.4. The molecule has 6 nitrogen and oxygen atoms in total. The minimum Gasteiger partial charge on any atom is -0.330 e. The highest BCUT2D eigenvalue weighted by molar-refractivity contribution is 7.86. The van der Waals surface area contributed by atoms with Crippen LogP contribution in [0, 0.1) is 0 Å². The van der Waals surface area contributed by atoms with E-state index in [4.69, 9.17) is 5.73 Å². The number of hydrogen-bond donors (Lipinski definition) is 1. The van der Waals surface area contributed by atoms with E-state index in [2.05, 4.69) is 4.98 Å². The zero-order chi connectivity index (χ0) is 12.9. The van der Waals surface area contributed by atoms with Crippen LogP contribution >= 0.6 is 11.3 Å². The molecule has 0 unspecified atom stereocenters. The van der Waals surface area contributed by atoms with Crippen molar-refractivity contribution < 1.29 is 8.42 Å². The Morgan fingerprint density at radius 2 is 2.12 bits per heavy atom. The number of thiazole rings is 1. The summed E-state index contributed by atoms with van der Waals surface area (Å²) in [7, 11) is -0.304. The fourth-order valence-electron chi connectivity index (χ4n) is 1.29. The molecule has 1 heterocycles. The van der Waals surface area contributed by atoms with Gasteiger partial charge in [0, 0.05) is 26.0 Å². The lowest BCUT2D eigenvalue weighted by Gasteiger charge is -2.23. The monoisotopic (exact) mass is 278 g/mol.